The summed E-state index contributed by atoms with van der Waals surface area (Å²) in [6, 6.07) is 11.8. The fraction of sp³-hybridized carbons (Fsp3) is 0.133. The van der Waals surface area contributed by atoms with E-state index in [1.807, 2.05) is 0 Å². The molecular formula is C15H17N3O2S. The van der Waals surface area contributed by atoms with Crippen LogP contribution >= 0.6 is 0 Å². The van der Waals surface area contributed by atoms with Crippen LogP contribution in [0.25, 0.3) is 0 Å². The standard InChI is InChI=1S/C15H17N3O2S/c1-10-6-3-4-9-13(10)21(19,20)18-12-8-5-7-11(2)14(12)15(16)17/h3-9,18H,1-2H3,(H3,16,17). The summed E-state index contributed by atoms with van der Waals surface area (Å²) in [5.74, 6) is -0.171. The molecule has 4 N–H and O–H groups in total. The van der Waals surface area contributed by atoms with Crippen molar-refractivity contribution in [2.45, 2.75) is 18.7 Å². The Morgan fingerprint density at radius 3 is 2.29 bits per heavy atom. The molecule has 5 nitrogen and oxygen atoms in total. The Morgan fingerprint density at radius 2 is 1.67 bits per heavy atom. The van der Waals surface area contributed by atoms with E-state index in [-0.39, 0.29) is 10.7 Å². The summed E-state index contributed by atoms with van der Waals surface area (Å²) in [6.07, 6.45) is 0. The van der Waals surface area contributed by atoms with Gasteiger partial charge in [0.1, 0.15) is 5.84 Å². The molecule has 0 atom stereocenters. The predicted octanol–water partition coefficient (Wildman–Crippen LogP) is 2.39. The van der Waals surface area contributed by atoms with Crippen molar-refractivity contribution in [1.82, 2.24) is 0 Å². The van der Waals surface area contributed by atoms with Crippen LogP contribution in [-0.4, -0.2) is 14.3 Å². The molecule has 2 aromatic rings. The number of aryl methyl sites for hydroxylation is 2. The second kappa shape index (κ2) is 5.57. The van der Waals surface area contributed by atoms with Gasteiger partial charge >= 0.3 is 0 Å². The van der Waals surface area contributed by atoms with E-state index in [2.05, 4.69) is 4.72 Å². The SMILES string of the molecule is Cc1ccccc1S(=O)(=O)Nc1cccc(C)c1C(=N)N. The van der Waals surface area contributed by atoms with Crippen LogP contribution in [0.1, 0.15) is 16.7 Å². The Kier molecular flexibility index (Phi) is 3.99. The van der Waals surface area contributed by atoms with Crippen molar-refractivity contribution < 1.29 is 8.42 Å². The summed E-state index contributed by atoms with van der Waals surface area (Å²) >= 11 is 0. The number of nitrogens with two attached hydrogens (primary N) is 1. The molecule has 0 aromatic heterocycles. The Balaban J connectivity index is 2.50. The fourth-order valence-electron chi connectivity index (χ4n) is 2.17. The third kappa shape index (κ3) is 3.05. The van der Waals surface area contributed by atoms with E-state index in [1.54, 1.807) is 56.3 Å². The van der Waals surface area contributed by atoms with E-state index in [9.17, 15) is 8.42 Å². The number of amidine groups is 1. The monoisotopic (exact) mass is 303 g/mol. The van der Waals surface area contributed by atoms with Crippen molar-refractivity contribution in [2.24, 2.45) is 5.73 Å². The maximum absolute atomic E-state index is 12.5. The van der Waals surface area contributed by atoms with Crippen molar-refractivity contribution in [3.8, 4) is 0 Å². The number of nitrogen functional groups attached to an aromatic ring is 1. The second-order valence-electron chi connectivity index (χ2n) is 4.78. The Morgan fingerprint density at radius 1 is 1.05 bits per heavy atom. The first-order chi connectivity index (χ1) is 9.83. The van der Waals surface area contributed by atoms with Crippen LogP contribution in [0, 0.1) is 19.3 Å². The molecule has 0 radical (unpaired) electrons. The number of hydrogen-bond donors (Lipinski definition) is 3. The zero-order valence-electron chi connectivity index (χ0n) is 11.8. The molecule has 0 aliphatic rings. The van der Waals surface area contributed by atoms with Gasteiger partial charge in [-0.25, -0.2) is 8.42 Å². The second-order valence-corrected chi connectivity index (χ2v) is 6.43. The summed E-state index contributed by atoms with van der Waals surface area (Å²) in [7, 11) is -3.72. The minimum absolute atomic E-state index is 0.171. The smallest absolute Gasteiger partial charge is 0.262 e. The molecule has 0 fully saturated rings. The number of rotatable bonds is 4. The van der Waals surface area contributed by atoms with E-state index >= 15 is 0 Å². The zero-order chi connectivity index (χ0) is 15.6. The molecule has 0 saturated heterocycles. The number of sulfonamides is 1. The highest BCUT2D eigenvalue weighted by atomic mass is 32.2. The van der Waals surface area contributed by atoms with Crippen LogP contribution in [0.15, 0.2) is 47.4 Å². The molecule has 0 amide bonds. The highest BCUT2D eigenvalue weighted by molar-refractivity contribution is 7.92. The van der Waals surface area contributed by atoms with Gasteiger partial charge in [-0.2, -0.15) is 0 Å². The van der Waals surface area contributed by atoms with E-state index in [1.165, 1.54) is 0 Å². The van der Waals surface area contributed by atoms with Crippen LogP contribution in [0.4, 0.5) is 5.69 Å². The lowest BCUT2D eigenvalue weighted by Gasteiger charge is -2.14. The van der Waals surface area contributed by atoms with Gasteiger partial charge < -0.3 is 5.73 Å². The number of hydrogen-bond acceptors (Lipinski definition) is 3. The molecule has 110 valence electrons. The normalized spacial score (nSPS) is 11.1. The maximum atomic E-state index is 12.5. The first-order valence-electron chi connectivity index (χ1n) is 6.35. The van der Waals surface area contributed by atoms with Gasteiger partial charge in [-0.1, -0.05) is 30.3 Å². The molecule has 0 spiro atoms. The van der Waals surface area contributed by atoms with E-state index in [0.29, 0.717) is 16.8 Å². The topological polar surface area (TPSA) is 96.0 Å². The summed E-state index contributed by atoms with van der Waals surface area (Å²) in [5.41, 5.74) is 7.66. The summed E-state index contributed by atoms with van der Waals surface area (Å²) in [5, 5.41) is 7.61. The van der Waals surface area contributed by atoms with E-state index < -0.39 is 10.0 Å². The first kappa shape index (κ1) is 15.1. The average Bonchev–Trinajstić information content (AvgIpc) is 2.38. The number of anilines is 1. The van der Waals surface area contributed by atoms with Crippen LogP contribution < -0.4 is 10.5 Å². The summed E-state index contributed by atoms with van der Waals surface area (Å²) in [4.78, 5) is 0.209. The Labute approximate surface area is 124 Å². The molecule has 0 unspecified atom stereocenters. The van der Waals surface area contributed by atoms with Gasteiger partial charge in [0.2, 0.25) is 0 Å². The van der Waals surface area contributed by atoms with Crippen molar-refractivity contribution >= 4 is 21.5 Å². The maximum Gasteiger partial charge on any atom is 0.262 e. The third-order valence-corrected chi connectivity index (χ3v) is 4.70. The minimum atomic E-state index is -3.72. The van der Waals surface area contributed by atoms with Gasteiger partial charge in [-0.15, -0.1) is 0 Å². The lowest BCUT2D eigenvalue weighted by Crippen LogP contribution is -2.20. The number of nitrogens with one attached hydrogen (secondary N) is 2. The lowest BCUT2D eigenvalue weighted by atomic mass is 10.1. The minimum Gasteiger partial charge on any atom is -0.384 e. The lowest BCUT2D eigenvalue weighted by molar-refractivity contribution is 0.600. The Bertz CT molecular complexity index is 798. The van der Waals surface area contributed by atoms with Crippen LogP contribution in [0.3, 0.4) is 0 Å². The highest BCUT2D eigenvalue weighted by Crippen LogP contribution is 2.23. The molecule has 2 aromatic carbocycles. The molecular weight excluding hydrogens is 286 g/mol. The van der Waals surface area contributed by atoms with E-state index in [4.69, 9.17) is 11.1 Å². The summed E-state index contributed by atoms with van der Waals surface area (Å²) < 4.78 is 27.5. The van der Waals surface area contributed by atoms with Crippen molar-refractivity contribution in [2.75, 3.05) is 4.72 Å². The zero-order valence-corrected chi connectivity index (χ0v) is 12.7. The quantitative estimate of drug-likeness (QED) is 0.597. The van der Waals surface area contributed by atoms with Crippen LogP contribution in [0.2, 0.25) is 0 Å². The molecule has 21 heavy (non-hydrogen) atoms. The number of benzene rings is 2. The van der Waals surface area contributed by atoms with Gasteiger partial charge in [-0.05, 0) is 37.1 Å². The first-order valence-corrected chi connectivity index (χ1v) is 7.83. The largest absolute Gasteiger partial charge is 0.384 e. The van der Waals surface area contributed by atoms with Gasteiger partial charge in [0.15, 0.2) is 0 Å². The highest BCUT2D eigenvalue weighted by Gasteiger charge is 2.19. The molecule has 0 saturated carbocycles. The van der Waals surface area contributed by atoms with Gasteiger partial charge in [0.05, 0.1) is 10.6 Å². The van der Waals surface area contributed by atoms with Gasteiger partial charge in [-0.3, -0.25) is 10.1 Å². The molecule has 0 heterocycles. The molecule has 0 aliphatic heterocycles. The fourth-order valence-corrected chi connectivity index (χ4v) is 3.49. The van der Waals surface area contributed by atoms with Gasteiger partial charge in [0.25, 0.3) is 10.0 Å². The third-order valence-electron chi connectivity index (χ3n) is 3.17. The van der Waals surface area contributed by atoms with Crippen LogP contribution in [-0.2, 0) is 10.0 Å². The molecule has 2 rings (SSSR count). The molecule has 6 heteroatoms. The summed E-state index contributed by atoms with van der Waals surface area (Å²) in [6.45, 7) is 3.51. The van der Waals surface area contributed by atoms with E-state index in [0.717, 1.165) is 5.56 Å². The predicted molar refractivity (Wildman–Crippen MR) is 84.2 cm³/mol. The van der Waals surface area contributed by atoms with Crippen LogP contribution in [0.5, 0.6) is 0 Å². The van der Waals surface area contributed by atoms with Gasteiger partial charge in [0, 0.05) is 5.56 Å². The molecule has 0 aliphatic carbocycles. The van der Waals surface area contributed by atoms with Crippen molar-refractivity contribution in [1.29, 1.82) is 5.41 Å². The molecule has 0 bridgehead atoms. The van der Waals surface area contributed by atoms with Crippen molar-refractivity contribution in [3.05, 3.63) is 59.2 Å². The average molecular weight is 303 g/mol. The van der Waals surface area contributed by atoms with Crippen molar-refractivity contribution in [3.63, 3.8) is 0 Å². The Hall–Kier alpha value is -2.34.